The molecule has 0 N–H and O–H groups in total. The molecule has 4 fully saturated rings. The molecule has 6 rings (SSSR count). The van der Waals surface area contributed by atoms with Crippen LogP contribution in [0.15, 0.2) is 30.3 Å². The Hall–Kier alpha value is -2.98. The van der Waals surface area contributed by atoms with Crippen LogP contribution in [0.5, 0.6) is 0 Å². The molecule has 3 aliphatic carbocycles. The molecular weight excluding hydrogens is 443 g/mol. The highest BCUT2D eigenvalue weighted by molar-refractivity contribution is 5.83. The molecule has 0 radical (unpaired) electrons. The maximum atomic E-state index is 13.5. The highest BCUT2D eigenvalue weighted by Crippen LogP contribution is 2.46. The van der Waals surface area contributed by atoms with E-state index in [0.717, 1.165) is 54.7 Å². The highest BCUT2D eigenvalue weighted by atomic mass is 19.1. The Balaban J connectivity index is 1.28. The van der Waals surface area contributed by atoms with Gasteiger partial charge in [0.05, 0.1) is 29.3 Å². The monoisotopic (exact) mass is 474 g/mol. The van der Waals surface area contributed by atoms with E-state index in [-0.39, 0.29) is 29.8 Å². The summed E-state index contributed by atoms with van der Waals surface area (Å²) in [5.74, 6) is 1.61. The summed E-state index contributed by atoms with van der Waals surface area (Å²) in [4.78, 5) is 22.7. The number of anilines is 1. The van der Waals surface area contributed by atoms with Crippen LogP contribution in [0.2, 0.25) is 0 Å². The summed E-state index contributed by atoms with van der Waals surface area (Å²) in [6, 6.07) is 10.9. The molecule has 3 saturated carbocycles. The minimum atomic E-state index is -0.274. The lowest BCUT2D eigenvalue weighted by Gasteiger charge is -2.43. The first-order chi connectivity index (χ1) is 17.1. The number of hydrogen-bond acceptors (Lipinski definition) is 5. The number of hydrogen-bond donors (Lipinski definition) is 0. The number of nitrogens with zero attached hydrogens (tertiary/aromatic N) is 4. The Morgan fingerprint density at radius 3 is 2.63 bits per heavy atom. The lowest BCUT2D eigenvalue weighted by molar-refractivity contribution is -0.136. The van der Waals surface area contributed by atoms with Gasteiger partial charge in [-0.3, -0.25) is 4.79 Å². The number of rotatable bonds is 7. The van der Waals surface area contributed by atoms with Gasteiger partial charge in [-0.25, -0.2) is 9.37 Å². The zero-order chi connectivity index (χ0) is 24.1. The van der Waals surface area contributed by atoms with E-state index in [2.05, 4.69) is 15.9 Å². The molecule has 1 aromatic heterocycles. The Morgan fingerprint density at radius 1 is 1.20 bits per heavy atom. The minimum Gasteiger partial charge on any atom is -0.378 e. The number of ether oxygens (including phenoxy) is 1. The third-order valence-electron chi connectivity index (χ3n) is 7.87. The van der Waals surface area contributed by atoms with Crippen molar-refractivity contribution in [3.05, 3.63) is 47.4 Å². The van der Waals surface area contributed by atoms with Gasteiger partial charge in [0.15, 0.2) is 0 Å². The van der Waals surface area contributed by atoms with E-state index in [4.69, 9.17) is 9.72 Å². The number of nitriles is 1. The predicted molar refractivity (Wildman–Crippen MR) is 130 cm³/mol. The molecule has 2 aromatic rings. The van der Waals surface area contributed by atoms with Gasteiger partial charge in [0.2, 0.25) is 5.91 Å². The van der Waals surface area contributed by atoms with Gasteiger partial charge < -0.3 is 14.5 Å². The fraction of sp³-hybridized carbons (Fsp3) is 0.536. The van der Waals surface area contributed by atoms with Gasteiger partial charge in [-0.2, -0.15) is 5.26 Å². The van der Waals surface area contributed by atoms with Crippen LogP contribution < -0.4 is 4.90 Å². The molecule has 7 heteroatoms. The van der Waals surface area contributed by atoms with E-state index in [1.54, 1.807) is 12.1 Å². The van der Waals surface area contributed by atoms with Crippen LogP contribution in [0.3, 0.4) is 0 Å². The Morgan fingerprint density at radius 2 is 1.97 bits per heavy atom. The third-order valence-corrected chi connectivity index (χ3v) is 7.87. The van der Waals surface area contributed by atoms with E-state index >= 15 is 0 Å². The number of amides is 1. The number of halogens is 1. The van der Waals surface area contributed by atoms with Gasteiger partial charge in [0.25, 0.3) is 0 Å². The molecule has 35 heavy (non-hydrogen) atoms. The number of piperazine rings is 1. The number of benzene rings is 1. The standard InChI is InChI=1S/C28H31FN4O2/c1-2-35-25-14-23(25)28(34)33-12-11-32(16-24(33)18-3-4-18)27-20(15-30)13-22(26(31-27)19-5-6-19)17-7-9-21(29)10-8-17/h7-10,13,18-19,23-25H,2-6,11-12,14,16H2,1H3/t23-,24+,25+/m1/s1. The van der Waals surface area contributed by atoms with E-state index in [9.17, 15) is 14.4 Å². The summed E-state index contributed by atoms with van der Waals surface area (Å²) in [7, 11) is 0. The van der Waals surface area contributed by atoms with Crippen LogP contribution in [0.4, 0.5) is 10.2 Å². The summed E-state index contributed by atoms with van der Waals surface area (Å²) < 4.78 is 19.2. The van der Waals surface area contributed by atoms with Crippen LogP contribution in [0, 0.1) is 29.0 Å². The average Bonchev–Trinajstić information content (AvgIpc) is 3.73. The summed E-state index contributed by atoms with van der Waals surface area (Å²) >= 11 is 0. The van der Waals surface area contributed by atoms with Gasteiger partial charge in [0.1, 0.15) is 17.7 Å². The molecule has 0 unspecified atom stereocenters. The molecule has 0 bridgehead atoms. The molecule has 3 atom stereocenters. The van der Waals surface area contributed by atoms with E-state index in [1.807, 2.05) is 13.0 Å². The van der Waals surface area contributed by atoms with Crippen molar-refractivity contribution in [1.82, 2.24) is 9.88 Å². The van der Waals surface area contributed by atoms with Crippen molar-refractivity contribution in [2.45, 2.75) is 57.1 Å². The zero-order valence-electron chi connectivity index (χ0n) is 20.1. The van der Waals surface area contributed by atoms with Gasteiger partial charge in [-0.15, -0.1) is 0 Å². The number of pyridine rings is 1. The predicted octanol–water partition coefficient (Wildman–Crippen LogP) is 4.49. The van der Waals surface area contributed by atoms with Crippen molar-refractivity contribution in [3.63, 3.8) is 0 Å². The zero-order valence-corrected chi connectivity index (χ0v) is 20.1. The molecule has 6 nitrogen and oxygen atoms in total. The van der Waals surface area contributed by atoms with Crippen molar-refractivity contribution in [2.24, 2.45) is 11.8 Å². The lowest BCUT2D eigenvalue weighted by atomic mass is 9.98. The molecule has 2 heterocycles. The van der Waals surface area contributed by atoms with Gasteiger partial charge in [-0.1, -0.05) is 12.1 Å². The van der Waals surface area contributed by atoms with Crippen molar-refractivity contribution >= 4 is 11.7 Å². The van der Waals surface area contributed by atoms with Crippen molar-refractivity contribution < 1.29 is 13.9 Å². The van der Waals surface area contributed by atoms with Gasteiger partial charge in [0, 0.05) is 37.7 Å². The molecule has 182 valence electrons. The average molecular weight is 475 g/mol. The normalized spacial score (nSPS) is 25.9. The fourth-order valence-corrected chi connectivity index (χ4v) is 5.57. The number of aromatic nitrogens is 1. The second-order valence-electron chi connectivity index (χ2n) is 10.4. The first kappa shape index (κ1) is 22.5. The molecule has 4 aliphatic rings. The number of carbonyl (C=O) groups excluding carboxylic acids is 1. The van der Waals surface area contributed by atoms with Crippen molar-refractivity contribution in [3.8, 4) is 17.2 Å². The SMILES string of the molecule is CCO[C@H]1C[C@H]1C(=O)N1CCN(c2nc(C3CC3)c(-c3ccc(F)cc3)cc2C#N)C[C@H]1C1CC1. The topological polar surface area (TPSA) is 69.5 Å². The van der Waals surface area contributed by atoms with Crippen LogP contribution in [0.1, 0.15) is 56.2 Å². The van der Waals surface area contributed by atoms with E-state index in [1.165, 1.54) is 12.1 Å². The largest absolute Gasteiger partial charge is 0.378 e. The molecular formula is C28H31FN4O2. The quantitative estimate of drug-likeness (QED) is 0.592. The Bertz CT molecular complexity index is 1170. The Labute approximate surface area is 205 Å². The van der Waals surface area contributed by atoms with E-state index in [0.29, 0.717) is 43.6 Å². The summed E-state index contributed by atoms with van der Waals surface area (Å²) in [5, 5.41) is 10.0. The second kappa shape index (κ2) is 8.91. The summed E-state index contributed by atoms with van der Waals surface area (Å²) in [6.07, 6.45) is 5.38. The van der Waals surface area contributed by atoms with Crippen LogP contribution in [0.25, 0.3) is 11.1 Å². The molecule has 1 saturated heterocycles. The molecule has 1 aromatic carbocycles. The van der Waals surface area contributed by atoms with Gasteiger partial charge in [-0.05, 0) is 68.7 Å². The maximum Gasteiger partial charge on any atom is 0.228 e. The smallest absolute Gasteiger partial charge is 0.228 e. The molecule has 1 aliphatic heterocycles. The lowest BCUT2D eigenvalue weighted by Crippen LogP contribution is -2.57. The third kappa shape index (κ3) is 4.40. The van der Waals surface area contributed by atoms with Gasteiger partial charge >= 0.3 is 0 Å². The maximum absolute atomic E-state index is 13.5. The fourth-order valence-electron chi connectivity index (χ4n) is 5.57. The first-order valence-corrected chi connectivity index (χ1v) is 12.9. The molecule has 0 spiro atoms. The number of carbonyl (C=O) groups is 1. The highest BCUT2D eigenvalue weighted by Gasteiger charge is 2.50. The Kier molecular flexibility index (Phi) is 5.72. The first-order valence-electron chi connectivity index (χ1n) is 12.9. The van der Waals surface area contributed by atoms with Crippen LogP contribution in [-0.2, 0) is 9.53 Å². The molecule has 1 amide bonds. The summed E-state index contributed by atoms with van der Waals surface area (Å²) in [5.41, 5.74) is 3.37. The summed E-state index contributed by atoms with van der Waals surface area (Å²) in [6.45, 7) is 4.66. The van der Waals surface area contributed by atoms with E-state index < -0.39 is 0 Å². The minimum absolute atomic E-state index is 0.00649. The van der Waals surface area contributed by atoms with Crippen molar-refractivity contribution in [2.75, 3.05) is 31.1 Å². The van der Waals surface area contributed by atoms with Crippen LogP contribution >= 0.6 is 0 Å². The van der Waals surface area contributed by atoms with Crippen LogP contribution in [-0.4, -0.2) is 54.2 Å². The van der Waals surface area contributed by atoms with Crippen molar-refractivity contribution in [1.29, 1.82) is 5.26 Å². The second-order valence-corrected chi connectivity index (χ2v) is 10.4.